The fourth-order valence-electron chi connectivity index (χ4n) is 2.83. The number of halogens is 4. The second kappa shape index (κ2) is 11.2. The Kier molecular flexibility index (Phi) is 8.34. The summed E-state index contributed by atoms with van der Waals surface area (Å²) in [7, 11) is 1.45. The van der Waals surface area contributed by atoms with Crippen LogP contribution in [0.5, 0.6) is 11.5 Å². The van der Waals surface area contributed by atoms with Crippen LogP contribution in [0.15, 0.2) is 64.6 Å². The molecule has 1 amide bonds. The molecule has 0 aliphatic heterocycles. The predicted octanol–water partition coefficient (Wildman–Crippen LogP) is 7.03. The largest absolute Gasteiger partial charge is 0.493 e. The van der Waals surface area contributed by atoms with Gasteiger partial charge in [0, 0.05) is 10.6 Å². The molecule has 0 saturated heterocycles. The van der Waals surface area contributed by atoms with Gasteiger partial charge < -0.3 is 14.8 Å². The van der Waals surface area contributed by atoms with E-state index in [2.05, 4.69) is 21.2 Å². The first-order valence-corrected chi connectivity index (χ1v) is 11.0. The first-order valence-electron chi connectivity index (χ1n) is 9.44. The zero-order valence-corrected chi connectivity index (χ0v) is 20.3. The number of nitrogens with one attached hydrogen (secondary N) is 1. The van der Waals surface area contributed by atoms with E-state index >= 15 is 0 Å². The van der Waals surface area contributed by atoms with E-state index in [9.17, 15) is 14.4 Å². The van der Waals surface area contributed by atoms with Gasteiger partial charge in [-0.2, -0.15) is 5.26 Å². The molecule has 0 aliphatic rings. The van der Waals surface area contributed by atoms with Crippen molar-refractivity contribution in [1.29, 1.82) is 5.26 Å². The van der Waals surface area contributed by atoms with E-state index in [1.807, 2.05) is 6.07 Å². The third-order valence-corrected chi connectivity index (χ3v) is 5.59. The first kappa shape index (κ1) is 24.6. The Morgan fingerprint density at radius 2 is 1.97 bits per heavy atom. The third kappa shape index (κ3) is 6.26. The van der Waals surface area contributed by atoms with Crippen LogP contribution < -0.4 is 14.8 Å². The Labute approximate surface area is 208 Å². The molecule has 3 aromatic rings. The van der Waals surface area contributed by atoms with Crippen molar-refractivity contribution in [1.82, 2.24) is 0 Å². The molecule has 33 heavy (non-hydrogen) atoms. The number of methoxy groups -OCH3 is 1. The minimum absolute atomic E-state index is 0.0108. The molecule has 0 heterocycles. The zero-order chi connectivity index (χ0) is 24.0. The molecule has 168 valence electrons. The predicted molar refractivity (Wildman–Crippen MR) is 130 cm³/mol. The monoisotopic (exact) mass is 548 g/mol. The number of rotatable bonds is 7. The summed E-state index contributed by atoms with van der Waals surface area (Å²) in [6.07, 6.45) is 1.39. The van der Waals surface area contributed by atoms with Gasteiger partial charge in [0.05, 0.1) is 22.3 Å². The minimum atomic E-state index is -0.656. The van der Waals surface area contributed by atoms with E-state index in [1.54, 1.807) is 36.4 Å². The average molecular weight is 550 g/mol. The van der Waals surface area contributed by atoms with Crippen molar-refractivity contribution in [2.24, 2.45) is 0 Å². The van der Waals surface area contributed by atoms with Crippen LogP contribution in [0.2, 0.25) is 10.0 Å². The molecule has 1 N–H and O–H groups in total. The van der Waals surface area contributed by atoms with Gasteiger partial charge in [-0.15, -0.1) is 0 Å². The van der Waals surface area contributed by atoms with Crippen molar-refractivity contribution < 1.29 is 18.7 Å². The molecule has 0 saturated carbocycles. The summed E-state index contributed by atoms with van der Waals surface area (Å²) in [6, 6.07) is 16.0. The Balaban J connectivity index is 1.85. The number of ether oxygens (including phenoxy) is 2. The number of nitriles is 1. The third-order valence-electron chi connectivity index (χ3n) is 4.43. The van der Waals surface area contributed by atoms with Crippen LogP contribution in [0, 0.1) is 17.1 Å². The first-order chi connectivity index (χ1) is 15.8. The van der Waals surface area contributed by atoms with Crippen LogP contribution in [0.1, 0.15) is 11.1 Å². The summed E-state index contributed by atoms with van der Waals surface area (Å²) in [5, 5.41) is 12.7. The van der Waals surface area contributed by atoms with E-state index < -0.39 is 5.91 Å². The van der Waals surface area contributed by atoms with Gasteiger partial charge >= 0.3 is 0 Å². The molecular formula is C24H16BrCl2FN2O3. The summed E-state index contributed by atoms with van der Waals surface area (Å²) < 4.78 is 25.5. The molecular weight excluding hydrogens is 534 g/mol. The lowest BCUT2D eigenvalue weighted by Crippen LogP contribution is -2.13. The Bertz CT molecular complexity index is 1280. The molecule has 0 aliphatic carbocycles. The lowest BCUT2D eigenvalue weighted by atomic mass is 10.1. The Hall–Kier alpha value is -3.05. The van der Waals surface area contributed by atoms with Crippen LogP contribution in [0.25, 0.3) is 6.08 Å². The highest BCUT2D eigenvalue weighted by Gasteiger charge is 2.16. The molecule has 3 rings (SSSR count). The standard InChI is InChI=1S/C24H16BrCl2FN2O3/c1-32-22-10-14(9-18(25)23(22)33-13-15-4-2-3-5-20(15)28)8-16(12-29)24(31)30-21-11-17(26)6-7-19(21)27/h2-11H,13H2,1H3,(H,30,31)/b16-8+. The topological polar surface area (TPSA) is 71.3 Å². The van der Waals surface area contributed by atoms with Gasteiger partial charge in [0.1, 0.15) is 24.1 Å². The molecule has 3 aromatic carbocycles. The van der Waals surface area contributed by atoms with E-state index in [0.29, 0.717) is 32.1 Å². The molecule has 9 heteroatoms. The van der Waals surface area contributed by atoms with Crippen molar-refractivity contribution >= 4 is 56.8 Å². The second-order valence-corrected chi connectivity index (χ2v) is 8.36. The maximum Gasteiger partial charge on any atom is 0.266 e. The normalized spacial score (nSPS) is 11.0. The van der Waals surface area contributed by atoms with E-state index in [-0.39, 0.29) is 28.7 Å². The van der Waals surface area contributed by atoms with Crippen LogP contribution in [0.3, 0.4) is 0 Å². The SMILES string of the molecule is COc1cc(/C=C(\C#N)C(=O)Nc2cc(Cl)ccc2Cl)cc(Br)c1OCc1ccccc1F. The number of benzene rings is 3. The van der Waals surface area contributed by atoms with Crippen molar-refractivity contribution in [3.8, 4) is 17.6 Å². The fourth-order valence-corrected chi connectivity index (χ4v) is 3.74. The van der Waals surface area contributed by atoms with E-state index in [1.165, 1.54) is 31.4 Å². The quantitative estimate of drug-likeness (QED) is 0.254. The maximum atomic E-state index is 13.9. The average Bonchev–Trinajstić information content (AvgIpc) is 2.79. The summed E-state index contributed by atoms with van der Waals surface area (Å²) in [4.78, 5) is 12.6. The van der Waals surface area contributed by atoms with Gasteiger partial charge in [0.15, 0.2) is 11.5 Å². The number of carbonyl (C=O) groups excluding carboxylic acids is 1. The molecule has 0 spiro atoms. The summed E-state index contributed by atoms with van der Waals surface area (Å²) in [5.41, 5.74) is 1.00. The zero-order valence-electron chi connectivity index (χ0n) is 17.2. The smallest absolute Gasteiger partial charge is 0.266 e. The summed E-state index contributed by atoms with van der Waals surface area (Å²) >= 11 is 15.4. The molecule has 0 radical (unpaired) electrons. The highest BCUT2D eigenvalue weighted by Crippen LogP contribution is 2.38. The number of hydrogen-bond acceptors (Lipinski definition) is 4. The molecule has 5 nitrogen and oxygen atoms in total. The van der Waals surface area contributed by atoms with Gasteiger partial charge in [-0.1, -0.05) is 41.4 Å². The fraction of sp³-hybridized carbons (Fsp3) is 0.0833. The molecule has 0 unspecified atom stereocenters. The van der Waals surface area contributed by atoms with Gasteiger partial charge in [-0.25, -0.2) is 4.39 Å². The number of anilines is 1. The molecule has 0 aromatic heterocycles. The number of nitrogens with zero attached hydrogens (tertiary/aromatic N) is 1. The number of hydrogen-bond donors (Lipinski definition) is 1. The summed E-state index contributed by atoms with van der Waals surface area (Å²) in [5.74, 6) is -0.345. The number of carbonyl (C=O) groups is 1. The van der Waals surface area contributed by atoms with E-state index in [4.69, 9.17) is 32.7 Å². The maximum absolute atomic E-state index is 13.9. The highest BCUT2D eigenvalue weighted by atomic mass is 79.9. The van der Waals surface area contributed by atoms with Crippen molar-refractivity contribution in [2.75, 3.05) is 12.4 Å². The lowest BCUT2D eigenvalue weighted by molar-refractivity contribution is -0.112. The van der Waals surface area contributed by atoms with Crippen LogP contribution in [-0.2, 0) is 11.4 Å². The van der Waals surface area contributed by atoms with Gasteiger partial charge in [0.25, 0.3) is 5.91 Å². The second-order valence-electron chi connectivity index (χ2n) is 6.66. The summed E-state index contributed by atoms with van der Waals surface area (Å²) in [6.45, 7) is -0.0108. The minimum Gasteiger partial charge on any atom is -0.493 e. The molecule has 0 bridgehead atoms. The van der Waals surface area contributed by atoms with Gasteiger partial charge in [-0.3, -0.25) is 4.79 Å². The van der Waals surface area contributed by atoms with Crippen molar-refractivity contribution in [3.05, 3.63) is 91.6 Å². The molecule has 0 atom stereocenters. The Morgan fingerprint density at radius 3 is 2.67 bits per heavy atom. The van der Waals surface area contributed by atoms with Gasteiger partial charge in [0.2, 0.25) is 0 Å². The Morgan fingerprint density at radius 1 is 1.21 bits per heavy atom. The van der Waals surface area contributed by atoms with Crippen LogP contribution in [0.4, 0.5) is 10.1 Å². The van der Waals surface area contributed by atoms with Crippen molar-refractivity contribution in [3.63, 3.8) is 0 Å². The van der Waals surface area contributed by atoms with Gasteiger partial charge in [-0.05, 0) is 64.0 Å². The van der Waals surface area contributed by atoms with Crippen LogP contribution >= 0.6 is 39.1 Å². The van der Waals surface area contributed by atoms with Crippen molar-refractivity contribution in [2.45, 2.75) is 6.61 Å². The molecule has 0 fully saturated rings. The van der Waals surface area contributed by atoms with Crippen LogP contribution in [-0.4, -0.2) is 13.0 Å². The van der Waals surface area contributed by atoms with E-state index in [0.717, 1.165) is 0 Å². The number of amides is 1. The lowest BCUT2D eigenvalue weighted by Gasteiger charge is -2.14. The highest BCUT2D eigenvalue weighted by molar-refractivity contribution is 9.10.